The topological polar surface area (TPSA) is 200 Å². The highest BCUT2D eigenvalue weighted by Crippen LogP contribution is 2.31. The van der Waals surface area contributed by atoms with Crippen molar-refractivity contribution in [1.82, 2.24) is 10.6 Å². The summed E-state index contributed by atoms with van der Waals surface area (Å²) < 4.78 is 23.6. The molecule has 1 aliphatic carbocycles. The van der Waals surface area contributed by atoms with Crippen molar-refractivity contribution in [3.8, 4) is 0 Å². The van der Waals surface area contributed by atoms with Gasteiger partial charge in [0.25, 0.3) is 0 Å². The Bertz CT molecular complexity index is 669. The van der Waals surface area contributed by atoms with E-state index in [9.17, 15) is 15.3 Å². The maximum atomic E-state index is 11.3. The third kappa shape index (κ3) is 5.85. The molecular weight excluding hydrogens is 434 g/mol. The first-order chi connectivity index (χ1) is 15.6. The molecule has 12 heteroatoms. The fourth-order valence-corrected chi connectivity index (χ4v) is 4.86. The van der Waals surface area contributed by atoms with Crippen molar-refractivity contribution in [2.45, 2.75) is 93.5 Å². The van der Waals surface area contributed by atoms with Crippen LogP contribution in [0.3, 0.4) is 0 Å². The molecule has 0 bridgehead atoms. The van der Waals surface area contributed by atoms with Gasteiger partial charge in [0.2, 0.25) is 6.29 Å². The van der Waals surface area contributed by atoms with E-state index >= 15 is 0 Å². The molecule has 2 aliphatic heterocycles. The first-order valence-electron chi connectivity index (χ1n) is 11.6. The van der Waals surface area contributed by atoms with Gasteiger partial charge >= 0.3 is 0 Å². The highest BCUT2D eigenvalue weighted by Gasteiger charge is 2.51. The fourth-order valence-electron chi connectivity index (χ4n) is 4.86. The van der Waals surface area contributed by atoms with Gasteiger partial charge in [-0.25, -0.2) is 0 Å². The van der Waals surface area contributed by atoms with E-state index in [4.69, 9.17) is 36.1 Å². The molecular formula is C21H41N5O7. The Morgan fingerprint density at radius 1 is 1.15 bits per heavy atom. The summed E-state index contributed by atoms with van der Waals surface area (Å²) in [4.78, 5) is 0. The van der Waals surface area contributed by atoms with Crippen LogP contribution in [0.1, 0.15) is 26.7 Å². The molecule has 0 radical (unpaired) electrons. The van der Waals surface area contributed by atoms with Crippen LogP contribution < -0.4 is 27.8 Å². The van der Waals surface area contributed by atoms with Crippen molar-refractivity contribution in [3.05, 3.63) is 11.8 Å². The van der Waals surface area contributed by atoms with Gasteiger partial charge in [-0.15, -0.1) is 0 Å². The standard InChI is InChI=1S/C21H41N5O7/c1-4-26-13-7-12(24)16(32-19-11(23)6-5-10(8-22)31-19)14(27)17(13)33-20-15(28)18(25-3)21(2,29)9-30-20/h5,11-20,25-29H,4,6-9,22-24H2,1-3H3/t11-,12+,13-,14+,15-,16+,17+,18-,19-,20-,21+/m1/s1. The lowest BCUT2D eigenvalue weighted by Crippen LogP contribution is -2.69. The predicted octanol–water partition coefficient (Wildman–Crippen LogP) is -3.20. The maximum Gasteiger partial charge on any atom is 0.215 e. The van der Waals surface area contributed by atoms with Gasteiger partial charge in [-0.2, -0.15) is 0 Å². The lowest BCUT2D eigenvalue weighted by molar-refractivity contribution is -0.304. The number of hydrogen-bond acceptors (Lipinski definition) is 12. The molecule has 12 nitrogen and oxygen atoms in total. The van der Waals surface area contributed by atoms with E-state index in [1.54, 1.807) is 14.0 Å². The number of nitrogens with one attached hydrogen (secondary N) is 2. The number of rotatable bonds is 8. The number of ether oxygens (including phenoxy) is 4. The Labute approximate surface area is 194 Å². The number of likely N-dealkylation sites (N-methyl/N-ethyl adjacent to an activating group) is 2. The number of nitrogens with two attached hydrogens (primary N) is 3. The zero-order valence-electron chi connectivity index (χ0n) is 19.6. The summed E-state index contributed by atoms with van der Waals surface area (Å²) >= 11 is 0. The molecule has 0 spiro atoms. The van der Waals surface area contributed by atoms with Gasteiger partial charge in [-0.3, -0.25) is 0 Å². The lowest BCUT2D eigenvalue weighted by Gasteiger charge is -2.49. The Morgan fingerprint density at radius 3 is 2.48 bits per heavy atom. The van der Waals surface area contributed by atoms with Crippen molar-refractivity contribution in [2.24, 2.45) is 17.2 Å². The molecule has 0 aromatic carbocycles. The molecule has 2 heterocycles. The summed E-state index contributed by atoms with van der Waals surface area (Å²) in [6, 6.07) is -1.95. The summed E-state index contributed by atoms with van der Waals surface area (Å²) in [7, 11) is 1.64. The van der Waals surface area contributed by atoms with Gasteiger partial charge in [0, 0.05) is 12.1 Å². The molecule has 0 aromatic rings. The monoisotopic (exact) mass is 475 g/mol. The largest absolute Gasteiger partial charge is 0.467 e. The van der Waals surface area contributed by atoms with Crippen LogP contribution in [-0.4, -0.2) is 109 Å². The minimum absolute atomic E-state index is 0.0483. The van der Waals surface area contributed by atoms with Crippen LogP contribution in [0.25, 0.3) is 0 Å². The molecule has 33 heavy (non-hydrogen) atoms. The minimum atomic E-state index is -1.28. The number of hydrogen-bond donors (Lipinski definition) is 8. The van der Waals surface area contributed by atoms with Gasteiger partial charge < -0.3 is 62.1 Å². The molecule has 1 saturated carbocycles. The van der Waals surface area contributed by atoms with E-state index in [0.717, 1.165) is 0 Å². The Hall–Kier alpha value is -0.900. The van der Waals surface area contributed by atoms with Gasteiger partial charge in [-0.05, 0) is 39.4 Å². The van der Waals surface area contributed by atoms with Crippen LogP contribution in [0, 0.1) is 0 Å². The third-order valence-corrected chi connectivity index (χ3v) is 6.64. The molecule has 11 atom stereocenters. The fraction of sp³-hybridized carbons (Fsp3) is 0.905. The van der Waals surface area contributed by atoms with Crippen LogP contribution in [-0.2, 0) is 18.9 Å². The summed E-state index contributed by atoms with van der Waals surface area (Å²) in [5.41, 5.74) is 16.9. The Kier molecular flexibility index (Phi) is 9.08. The second-order valence-electron chi connectivity index (χ2n) is 9.31. The predicted molar refractivity (Wildman–Crippen MR) is 120 cm³/mol. The van der Waals surface area contributed by atoms with E-state index < -0.39 is 60.7 Å². The third-order valence-electron chi connectivity index (χ3n) is 6.64. The van der Waals surface area contributed by atoms with Gasteiger partial charge in [0.05, 0.1) is 25.2 Å². The number of aliphatic hydroxyl groups excluding tert-OH is 2. The minimum Gasteiger partial charge on any atom is -0.467 e. The zero-order chi connectivity index (χ0) is 24.3. The summed E-state index contributed by atoms with van der Waals surface area (Å²) in [5.74, 6) is 0.572. The van der Waals surface area contributed by atoms with Gasteiger partial charge in [0.15, 0.2) is 6.29 Å². The van der Waals surface area contributed by atoms with Crippen molar-refractivity contribution >= 4 is 0 Å². The van der Waals surface area contributed by atoms with Gasteiger partial charge in [0.1, 0.15) is 35.8 Å². The van der Waals surface area contributed by atoms with Crippen LogP contribution in [0.5, 0.6) is 0 Å². The summed E-state index contributed by atoms with van der Waals surface area (Å²) in [6.45, 7) is 4.30. The molecule has 1 saturated heterocycles. The highest BCUT2D eigenvalue weighted by molar-refractivity contribution is 5.05. The second-order valence-corrected chi connectivity index (χ2v) is 9.31. The van der Waals surface area contributed by atoms with E-state index in [0.29, 0.717) is 25.1 Å². The molecule has 0 amide bonds. The van der Waals surface area contributed by atoms with Crippen molar-refractivity contribution in [1.29, 1.82) is 0 Å². The molecule has 0 aromatic heterocycles. The first kappa shape index (κ1) is 26.7. The maximum absolute atomic E-state index is 11.3. The molecule has 11 N–H and O–H groups in total. The Morgan fingerprint density at radius 2 is 1.85 bits per heavy atom. The summed E-state index contributed by atoms with van der Waals surface area (Å²) in [6.07, 6.45) is -3.05. The normalized spacial score (nSPS) is 46.5. The van der Waals surface area contributed by atoms with Crippen LogP contribution in [0.4, 0.5) is 0 Å². The van der Waals surface area contributed by atoms with Crippen molar-refractivity contribution in [3.63, 3.8) is 0 Å². The molecule has 3 aliphatic rings. The van der Waals surface area contributed by atoms with Crippen LogP contribution in [0.2, 0.25) is 0 Å². The average Bonchev–Trinajstić information content (AvgIpc) is 2.76. The van der Waals surface area contributed by atoms with Crippen LogP contribution >= 0.6 is 0 Å². The molecule has 3 rings (SSSR count). The van der Waals surface area contributed by atoms with E-state index in [1.165, 1.54) is 0 Å². The molecule has 2 fully saturated rings. The average molecular weight is 476 g/mol. The van der Waals surface area contributed by atoms with E-state index in [2.05, 4.69) is 10.6 Å². The quantitative estimate of drug-likeness (QED) is 0.175. The SMILES string of the molecule is CCN[C@@H]1C[C@H](N)[C@H](O[C@H]2OC(CN)=CC[C@H]2N)[C@H](O)[C@H]1O[C@H]1OC[C@](C)(O)[C@H](NC)[C@H]1O. The van der Waals surface area contributed by atoms with Crippen molar-refractivity contribution in [2.75, 3.05) is 26.7 Å². The van der Waals surface area contributed by atoms with E-state index in [-0.39, 0.29) is 19.2 Å². The highest BCUT2D eigenvalue weighted by atomic mass is 16.7. The first-order valence-corrected chi connectivity index (χ1v) is 11.6. The molecule has 0 unspecified atom stereocenters. The zero-order valence-corrected chi connectivity index (χ0v) is 19.6. The van der Waals surface area contributed by atoms with Crippen molar-refractivity contribution < 1.29 is 34.3 Å². The van der Waals surface area contributed by atoms with Crippen LogP contribution in [0.15, 0.2) is 11.8 Å². The molecule has 192 valence electrons. The second kappa shape index (κ2) is 11.2. The summed E-state index contributed by atoms with van der Waals surface area (Å²) in [5, 5.41) is 38.8. The van der Waals surface area contributed by atoms with Gasteiger partial charge in [-0.1, -0.05) is 6.92 Å². The Balaban J connectivity index is 1.75. The lowest BCUT2D eigenvalue weighted by atomic mass is 9.83. The number of aliphatic hydroxyl groups is 3. The van der Waals surface area contributed by atoms with E-state index in [1.807, 2.05) is 13.0 Å². The smallest absolute Gasteiger partial charge is 0.215 e.